The van der Waals surface area contributed by atoms with Gasteiger partial charge in [0, 0.05) is 32.2 Å². The van der Waals surface area contributed by atoms with Gasteiger partial charge in [-0.05, 0) is 54.9 Å². The van der Waals surface area contributed by atoms with Crippen molar-refractivity contribution >= 4 is 33.3 Å². The lowest BCUT2D eigenvalue weighted by Crippen LogP contribution is -2.50. The van der Waals surface area contributed by atoms with Crippen LogP contribution in [-0.4, -0.2) is 75.1 Å². The van der Waals surface area contributed by atoms with Gasteiger partial charge >= 0.3 is 5.97 Å². The van der Waals surface area contributed by atoms with Crippen molar-refractivity contribution < 1.29 is 22.7 Å². The lowest BCUT2D eigenvalue weighted by atomic mass is 9.78. The van der Waals surface area contributed by atoms with E-state index in [4.69, 9.17) is 21.7 Å². The molecular formula is C22H33N3O5S2. The first-order valence-corrected chi connectivity index (χ1v) is 12.7. The van der Waals surface area contributed by atoms with E-state index < -0.39 is 16.1 Å². The monoisotopic (exact) mass is 483 g/mol. The number of benzene rings is 1. The van der Waals surface area contributed by atoms with Gasteiger partial charge in [0.1, 0.15) is 11.8 Å². The molecule has 1 atom stereocenters. The summed E-state index contributed by atoms with van der Waals surface area (Å²) in [6.45, 7) is 6.40. The standard InChI is InChI=1S/C22H33N3O5S2/c1-16(2)19(20(26)30-4)23-21(31)24-11-8-22(15-24)9-12-25(13-10-22)32(27,28)18-7-5-6-17(14-18)29-3/h5-7,14,16,19H,8-13,15H2,1-4H3,(H,23,31). The average Bonchev–Trinajstić information content (AvgIpc) is 3.20. The van der Waals surface area contributed by atoms with E-state index in [2.05, 4.69) is 10.2 Å². The molecule has 2 fully saturated rings. The summed E-state index contributed by atoms with van der Waals surface area (Å²) in [7, 11) is -0.659. The van der Waals surface area contributed by atoms with E-state index in [9.17, 15) is 13.2 Å². The van der Waals surface area contributed by atoms with Crippen LogP contribution in [0.4, 0.5) is 0 Å². The fraction of sp³-hybridized carbons (Fsp3) is 0.636. The van der Waals surface area contributed by atoms with E-state index in [1.54, 1.807) is 28.6 Å². The van der Waals surface area contributed by atoms with E-state index in [0.29, 0.717) is 24.0 Å². The normalized spacial score (nSPS) is 19.7. The molecule has 1 aromatic carbocycles. The summed E-state index contributed by atoms with van der Waals surface area (Å²) in [5.74, 6) is 0.244. The van der Waals surface area contributed by atoms with Crippen molar-refractivity contribution in [2.45, 2.75) is 44.0 Å². The summed E-state index contributed by atoms with van der Waals surface area (Å²) in [5, 5.41) is 3.71. The zero-order chi connectivity index (χ0) is 23.5. The van der Waals surface area contributed by atoms with Crippen LogP contribution in [-0.2, 0) is 19.6 Å². The Morgan fingerprint density at radius 2 is 1.81 bits per heavy atom. The topological polar surface area (TPSA) is 88.2 Å². The quantitative estimate of drug-likeness (QED) is 0.487. The van der Waals surface area contributed by atoms with Gasteiger partial charge < -0.3 is 19.7 Å². The number of rotatable bonds is 6. The number of carbonyl (C=O) groups is 1. The Morgan fingerprint density at radius 1 is 1.16 bits per heavy atom. The molecule has 0 saturated carbocycles. The second-order valence-corrected chi connectivity index (χ2v) is 11.3. The third kappa shape index (κ3) is 5.18. The van der Waals surface area contributed by atoms with E-state index in [0.717, 1.165) is 32.4 Å². The maximum absolute atomic E-state index is 13.1. The SMILES string of the molecule is COC(=O)C(NC(=S)N1CCC2(CCN(S(=O)(=O)c3cccc(OC)c3)CC2)C1)C(C)C. The molecule has 2 aliphatic heterocycles. The number of sulfonamides is 1. The van der Waals surface area contributed by atoms with E-state index in [1.165, 1.54) is 14.2 Å². The summed E-state index contributed by atoms with van der Waals surface area (Å²) in [6.07, 6.45) is 2.51. The first-order chi connectivity index (χ1) is 15.1. The molecule has 8 nitrogen and oxygen atoms in total. The number of thiocarbonyl (C=S) groups is 1. The van der Waals surface area contributed by atoms with Crippen molar-refractivity contribution in [2.75, 3.05) is 40.4 Å². The molecule has 1 unspecified atom stereocenters. The first-order valence-electron chi connectivity index (χ1n) is 10.9. The number of ether oxygens (including phenoxy) is 2. The van der Waals surface area contributed by atoms with Crippen LogP contribution in [0.5, 0.6) is 5.75 Å². The van der Waals surface area contributed by atoms with Gasteiger partial charge in [-0.1, -0.05) is 19.9 Å². The van der Waals surface area contributed by atoms with Crippen LogP contribution in [0.2, 0.25) is 0 Å². The van der Waals surface area contributed by atoms with Gasteiger partial charge in [-0.3, -0.25) is 0 Å². The zero-order valence-electron chi connectivity index (χ0n) is 19.2. The number of nitrogens with zero attached hydrogens (tertiary/aromatic N) is 2. The summed E-state index contributed by atoms with van der Waals surface area (Å²) < 4.78 is 37.8. The Bertz CT molecular complexity index is 943. The third-order valence-corrected chi connectivity index (χ3v) is 8.86. The van der Waals surface area contributed by atoms with Crippen LogP contribution < -0.4 is 10.1 Å². The maximum atomic E-state index is 13.1. The fourth-order valence-electron chi connectivity index (χ4n) is 4.48. The second kappa shape index (κ2) is 9.93. The molecule has 2 saturated heterocycles. The lowest BCUT2D eigenvalue weighted by molar-refractivity contribution is -0.143. The number of likely N-dealkylation sites (tertiary alicyclic amines) is 1. The highest BCUT2D eigenvalue weighted by atomic mass is 32.2. The lowest BCUT2D eigenvalue weighted by Gasteiger charge is -2.39. The molecule has 0 aliphatic carbocycles. The van der Waals surface area contributed by atoms with Crippen molar-refractivity contribution in [1.29, 1.82) is 0 Å². The third-order valence-electron chi connectivity index (χ3n) is 6.59. The molecule has 2 aliphatic rings. The van der Waals surface area contributed by atoms with Crippen molar-refractivity contribution in [3.8, 4) is 5.75 Å². The number of hydrogen-bond donors (Lipinski definition) is 1. The highest BCUT2D eigenvalue weighted by Crippen LogP contribution is 2.41. The number of methoxy groups -OCH3 is 2. The van der Waals surface area contributed by atoms with Crippen LogP contribution in [0, 0.1) is 11.3 Å². The van der Waals surface area contributed by atoms with Crippen LogP contribution in [0.15, 0.2) is 29.2 Å². The van der Waals surface area contributed by atoms with Gasteiger partial charge in [0.05, 0.1) is 19.1 Å². The Kier molecular flexibility index (Phi) is 7.67. The summed E-state index contributed by atoms with van der Waals surface area (Å²) in [5.41, 5.74) is 0.0325. The van der Waals surface area contributed by atoms with E-state index in [1.807, 2.05) is 13.8 Å². The number of piperidine rings is 1. The molecule has 0 aromatic heterocycles. The first kappa shape index (κ1) is 24.7. The van der Waals surface area contributed by atoms with Crippen molar-refractivity contribution in [1.82, 2.24) is 14.5 Å². The average molecular weight is 484 g/mol. The Hall–Kier alpha value is -1.91. The minimum Gasteiger partial charge on any atom is -0.497 e. The van der Waals surface area contributed by atoms with Crippen LogP contribution >= 0.6 is 12.2 Å². The number of nitrogens with one attached hydrogen (secondary N) is 1. The largest absolute Gasteiger partial charge is 0.497 e. The fourth-order valence-corrected chi connectivity index (χ4v) is 6.24. The summed E-state index contributed by atoms with van der Waals surface area (Å²) in [6, 6.07) is 6.11. The number of hydrogen-bond acceptors (Lipinski definition) is 6. The molecule has 2 heterocycles. The maximum Gasteiger partial charge on any atom is 0.328 e. The van der Waals surface area contributed by atoms with Crippen molar-refractivity contribution in [2.24, 2.45) is 11.3 Å². The Balaban J connectivity index is 1.61. The minimum atomic E-state index is -3.56. The van der Waals surface area contributed by atoms with E-state index in [-0.39, 0.29) is 22.2 Å². The van der Waals surface area contributed by atoms with Crippen LogP contribution in [0.1, 0.15) is 33.1 Å². The summed E-state index contributed by atoms with van der Waals surface area (Å²) in [4.78, 5) is 14.4. The number of esters is 1. The highest BCUT2D eigenvalue weighted by Gasteiger charge is 2.44. The highest BCUT2D eigenvalue weighted by molar-refractivity contribution is 7.89. The van der Waals surface area contributed by atoms with E-state index >= 15 is 0 Å². The Labute approximate surface area is 196 Å². The van der Waals surface area contributed by atoms with Gasteiger partial charge in [-0.2, -0.15) is 4.31 Å². The minimum absolute atomic E-state index is 0.0325. The van der Waals surface area contributed by atoms with Gasteiger partial charge in [0.25, 0.3) is 0 Å². The number of carbonyl (C=O) groups excluding carboxylic acids is 1. The van der Waals surface area contributed by atoms with Gasteiger partial charge in [-0.15, -0.1) is 0 Å². The van der Waals surface area contributed by atoms with Crippen LogP contribution in [0.25, 0.3) is 0 Å². The van der Waals surface area contributed by atoms with Crippen molar-refractivity contribution in [3.05, 3.63) is 24.3 Å². The molecule has 32 heavy (non-hydrogen) atoms. The predicted molar refractivity (Wildman–Crippen MR) is 126 cm³/mol. The smallest absolute Gasteiger partial charge is 0.328 e. The van der Waals surface area contributed by atoms with Gasteiger partial charge in [-0.25, -0.2) is 13.2 Å². The molecule has 1 spiro atoms. The van der Waals surface area contributed by atoms with Gasteiger partial charge in [0.2, 0.25) is 10.0 Å². The predicted octanol–water partition coefficient (Wildman–Crippen LogP) is 2.24. The molecule has 3 rings (SSSR count). The van der Waals surface area contributed by atoms with Crippen LogP contribution in [0.3, 0.4) is 0 Å². The molecular weight excluding hydrogens is 450 g/mol. The molecule has 0 bridgehead atoms. The molecule has 1 N–H and O–H groups in total. The second-order valence-electron chi connectivity index (χ2n) is 8.95. The van der Waals surface area contributed by atoms with Gasteiger partial charge in [0.15, 0.2) is 5.11 Å². The zero-order valence-corrected chi connectivity index (χ0v) is 20.8. The molecule has 0 amide bonds. The Morgan fingerprint density at radius 3 is 2.41 bits per heavy atom. The molecule has 0 radical (unpaired) electrons. The molecule has 1 aromatic rings. The summed E-state index contributed by atoms with van der Waals surface area (Å²) >= 11 is 5.59. The molecule has 178 valence electrons. The van der Waals surface area contributed by atoms with Crippen molar-refractivity contribution in [3.63, 3.8) is 0 Å². The molecule has 10 heteroatoms.